The van der Waals surface area contributed by atoms with Crippen molar-refractivity contribution in [1.29, 1.82) is 0 Å². The molecule has 3 rings (SSSR count). The van der Waals surface area contributed by atoms with Crippen LogP contribution in [0.15, 0.2) is 17.8 Å². The molecule has 0 aromatic carbocycles. The van der Waals surface area contributed by atoms with E-state index in [0.29, 0.717) is 6.54 Å². The van der Waals surface area contributed by atoms with E-state index < -0.39 is 0 Å². The maximum absolute atomic E-state index is 12.2. The molecule has 1 aliphatic heterocycles. The van der Waals surface area contributed by atoms with E-state index >= 15 is 0 Å². The molecule has 0 spiro atoms. The molecule has 0 aliphatic carbocycles. The fourth-order valence-electron chi connectivity index (χ4n) is 1.87. The molecule has 0 saturated carbocycles. The summed E-state index contributed by atoms with van der Waals surface area (Å²) in [7, 11) is 0. The zero-order valence-corrected chi connectivity index (χ0v) is 9.57. The Labute approximate surface area is 96.3 Å². The highest BCUT2D eigenvalue weighted by Gasteiger charge is 2.27. The molecule has 2 aromatic heterocycles. The van der Waals surface area contributed by atoms with Crippen molar-refractivity contribution in [3.8, 4) is 0 Å². The molecule has 0 radical (unpaired) electrons. The molecule has 0 saturated heterocycles. The van der Waals surface area contributed by atoms with Crippen LogP contribution in [0.2, 0.25) is 0 Å². The van der Waals surface area contributed by atoms with Crippen LogP contribution >= 0.6 is 11.3 Å². The van der Waals surface area contributed by atoms with Crippen LogP contribution in [0.4, 0.5) is 5.82 Å². The number of carbonyl (C=O) groups excluding carboxylic acids is 1. The van der Waals surface area contributed by atoms with Crippen molar-refractivity contribution < 1.29 is 4.79 Å². The molecule has 6 heteroatoms. The van der Waals surface area contributed by atoms with Crippen molar-refractivity contribution >= 4 is 23.1 Å². The van der Waals surface area contributed by atoms with Crippen LogP contribution in [0, 0.1) is 6.92 Å². The number of nitrogens with zero attached hydrogens (tertiary/aromatic N) is 4. The van der Waals surface area contributed by atoms with Gasteiger partial charge in [0, 0.05) is 12.6 Å². The van der Waals surface area contributed by atoms with E-state index in [9.17, 15) is 4.79 Å². The fraction of sp³-hybridized carbons (Fsp3) is 0.300. The predicted molar refractivity (Wildman–Crippen MR) is 60.8 cm³/mol. The topological polar surface area (TPSA) is 51.0 Å². The number of aromatic nitrogens is 3. The number of thiazole rings is 1. The average Bonchev–Trinajstić information content (AvgIpc) is 2.90. The number of hydrogen-bond donors (Lipinski definition) is 0. The van der Waals surface area contributed by atoms with Gasteiger partial charge in [0.15, 0.2) is 0 Å². The molecule has 0 unspecified atom stereocenters. The lowest BCUT2D eigenvalue weighted by Gasteiger charge is -2.13. The Morgan fingerprint density at radius 1 is 1.50 bits per heavy atom. The van der Waals surface area contributed by atoms with Gasteiger partial charge >= 0.3 is 0 Å². The average molecular weight is 234 g/mol. The lowest BCUT2D eigenvalue weighted by atomic mass is 10.3. The minimum absolute atomic E-state index is 0.0271. The monoisotopic (exact) mass is 234 g/mol. The fourth-order valence-corrected chi connectivity index (χ4v) is 2.62. The Bertz CT molecular complexity index is 545. The lowest BCUT2D eigenvalue weighted by molar-refractivity contribution is 0.0992. The van der Waals surface area contributed by atoms with Crippen molar-refractivity contribution in [2.75, 3.05) is 11.4 Å². The van der Waals surface area contributed by atoms with Gasteiger partial charge in [-0.05, 0) is 6.92 Å². The second kappa shape index (κ2) is 3.41. The first-order chi connectivity index (χ1) is 7.77. The molecule has 2 aromatic rings. The third-order valence-electron chi connectivity index (χ3n) is 2.69. The number of fused-ring (bicyclic) bond motifs is 1. The molecule has 0 fully saturated rings. The van der Waals surface area contributed by atoms with Crippen LogP contribution in [-0.2, 0) is 6.54 Å². The predicted octanol–water partition coefficient (Wildman–Crippen LogP) is 1.31. The first-order valence-electron chi connectivity index (χ1n) is 5.01. The second-order valence-electron chi connectivity index (χ2n) is 3.64. The molecule has 5 nitrogen and oxygen atoms in total. The molecule has 16 heavy (non-hydrogen) atoms. The Morgan fingerprint density at radius 3 is 3.12 bits per heavy atom. The largest absolute Gasteiger partial charge is 0.290 e. The van der Waals surface area contributed by atoms with Gasteiger partial charge in [-0.25, -0.2) is 9.67 Å². The standard InChI is InChI=1S/C10H10N4OS/c1-7-9(16-6-11-7)10(15)13-4-5-14-8(13)2-3-12-14/h2-3,6H,4-5H2,1H3. The maximum atomic E-state index is 12.2. The van der Waals surface area contributed by atoms with Crippen LogP contribution in [-0.4, -0.2) is 27.2 Å². The molecule has 0 bridgehead atoms. The Kier molecular flexibility index (Phi) is 2.03. The number of carbonyl (C=O) groups is 1. The SMILES string of the molecule is Cc1ncsc1C(=O)N1CCn2nccc21. The minimum Gasteiger partial charge on any atom is -0.290 e. The molecule has 3 heterocycles. The minimum atomic E-state index is 0.0271. The number of aryl methyl sites for hydroxylation is 1. The van der Waals surface area contributed by atoms with E-state index in [-0.39, 0.29) is 5.91 Å². The molecule has 82 valence electrons. The van der Waals surface area contributed by atoms with Crippen LogP contribution in [0.25, 0.3) is 0 Å². The van der Waals surface area contributed by atoms with E-state index in [0.717, 1.165) is 22.9 Å². The summed E-state index contributed by atoms with van der Waals surface area (Å²) in [6.45, 7) is 3.32. The summed E-state index contributed by atoms with van der Waals surface area (Å²) in [5.41, 5.74) is 2.50. The molecule has 0 N–H and O–H groups in total. The summed E-state index contributed by atoms with van der Waals surface area (Å²) in [5.74, 6) is 0.900. The van der Waals surface area contributed by atoms with E-state index in [2.05, 4.69) is 10.1 Å². The third kappa shape index (κ3) is 1.26. The van der Waals surface area contributed by atoms with Gasteiger partial charge in [-0.3, -0.25) is 9.69 Å². The quantitative estimate of drug-likeness (QED) is 0.747. The van der Waals surface area contributed by atoms with Gasteiger partial charge < -0.3 is 0 Å². The molecular formula is C10H10N4OS. The van der Waals surface area contributed by atoms with E-state index in [1.54, 1.807) is 16.6 Å². The van der Waals surface area contributed by atoms with E-state index in [1.807, 2.05) is 17.7 Å². The number of amides is 1. The van der Waals surface area contributed by atoms with E-state index in [4.69, 9.17) is 0 Å². The summed E-state index contributed by atoms with van der Waals surface area (Å²) in [6.07, 6.45) is 1.72. The molecule has 0 atom stereocenters. The second-order valence-corrected chi connectivity index (χ2v) is 4.49. The van der Waals surface area contributed by atoms with Gasteiger partial charge in [-0.15, -0.1) is 11.3 Å². The zero-order chi connectivity index (χ0) is 11.1. The number of anilines is 1. The van der Waals surface area contributed by atoms with Gasteiger partial charge in [-0.2, -0.15) is 5.10 Å². The lowest BCUT2D eigenvalue weighted by Crippen LogP contribution is -2.28. The van der Waals surface area contributed by atoms with Crippen LogP contribution < -0.4 is 4.90 Å². The van der Waals surface area contributed by atoms with Gasteiger partial charge in [0.2, 0.25) is 0 Å². The summed E-state index contributed by atoms with van der Waals surface area (Å²) in [5, 5.41) is 4.14. The first kappa shape index (κ1) is 9.53. The highest BCUT2D eigenvalue weighted by Crippen LogP contribution is 2.24. The van der Waals surface area contributed by atoms with Gasteiger partial charge in [0.05, 0.1) is 23.9 Å². The normalized spacial score (nSPS) is 14.2. The summed E-state index contributed by atoms with van der Waals surface area (Å²) in [4.78, 5) is 18.8. The number of hydrogen-bond acceptors (Lipinski definition) is 4. The highest BCUT2D eigenvalue weighted by molar-refractivity contribution is 7.12. The van der Waals surface area contributed by atoms with Crippen molar-refractivity contribution in [3.05, 3.63) is 28.3 Å². The van der Waals surface area contributed by atoms with Gasteiger partial charge in [0.1, 0.15) is 10.7 Å². The van der Waals surface area contributed by atoms with Crippen molar-refractivity contribution in [2.45, 2.75) is 13.5 Å². The third-order valence-corrected chi connectivity index (χ3v) is 3.61. The Morgan fingerprint density at radius 2 is 2.38 bits per heavy atom. The van der Waals surface area contributed by atoms with Gasteiger partial charge in [0.25, 0.3) is 5.91 Å². The van der Waals surface area contributed by atoms with Gasteiger partial charge in [-0.1, -0.05) is 0 Å². The summed E-state index contributed by atoms with van der Waals surface area (Å²) in [6, 6.07) is 1.86. The molecular weight excluding hydrogens is 224 g/mol. The highest BCUT2D eigenvalue weighted by atomic mass is 32.1. The summed E-state index contributed by atoms with van der Waals surface area (Å²) >= 11 is 1.39. The zero-order valence-electron chi connectivity index (χ0n) is 8.75. The van der Waals surface area contributed by atoms with Crippen molar-refractivity contribution in [3.63, 3.8) is 0 Å². The van der Waals surface area contributed by atoms with Crippen LogP contribution in [0.1, 0.15) is 15.4 Å². The van der Waals surface area contributed by atoms with Crippen LogP contribution in [0.3, 0.4) is 0 Å². The molecule has 1 aliphatic rings. The summed E-state index contributed by atoms with van der Waals surface area (Å²) < 4.78 is 1.84. The van der Waals surface area contributed by atoms with Crippen LogP contribution in [0.5, 0.6) is 0 Å². The first-order valence-corrected chi connectivity index (χ1v) is 5.89. The van der Waals surface area contributed by atoms with Crippen molar-refractivity contribution in [1.82, 2.24) is 14.8 Å². The van der Waals surface area contributed by atoms with Crippen molar-refractivity contribution in [2.24, 2.45) is 0 Å². The maximum Gasteiger partial charge on any atom is 0.271 e. The Hall–Kier alpha value is -1.69. The smallest absolute Gasteiger partial charge is 0.271 e. The van der Waals surface area contributed by atoms with E-state index in [1.165, 1.54) is 11.3 Å². The number of rotatable bonds is 1. The Balaban J connectivity index is 1.96. The molecule has 1 amide bonds.